The Morgan fingerprint density at radius 3 is 1.88 bits per heavy atom. The Morgan fingerprint density at radius 2 is 1.21 bits per heavy atom. The van der Waals surface area contributed by atoms with Crippen molar-refractivity contribution >= 4 is 0 Å². The van der Waals surface area contributed by atoms with Crippen LogP contribution >= 0.6 is 0 Å². The summed E-state index contributed by atoms with van der Waals surface area (Å²) in [5.74, 6) is -6.87. The first-order valence-corrected chi connectivity index (χ1v) is 12.9. The van der Waals surface area contributed by atoms with Gasteiger partial charge in [0.1, 0.15) is 46.7 Å². The molecule has 0 radical (unpaired) electrons. The van der Waals surface area contributed by atoms with Crippen LogP contribution < -0.4 is 9.47 Å². The van der Waals surface area contributed by atoms with Crippen LogP contribution in [0.5, 0.6) is 63.2 Å². The molecule has 2 aliphatic rings. The zero-order valence-corrected chi connectivity index (χ0v) is 21.9. The second-order valence-corrected chi connectivity index (χ2v) is 10.5. The third-order valence-corrected chi connectivity index (χ3v) is 7.77. The van der Waals surface area contributed by atoms with Crippen molar-refractivity contribution < 1.29 is 65.6 Å². The summed E-state index contributed by atoms with van der Waals surface area (Å²) in [7, 11) is 0. The standard InChI is InChI=1S/C30H26O13/c31-12-6-17(35)23-22(7-12)42-29(11-4-19(37)26(40)20(38)5-11)27(41)25(23)24-18(36)9-15(33)13-8-21(39)28(43-30(13)24)10-1-2-14(32)16(34)3-10/h1-7,9,21,25,27-29,31-41H,8H2/t21-,25?,27-,28+,29+/m0/s1. The van der Waals surface area contributed by atoms with Crippen molar-refractivity contribution in [3.8, 4) is 63.2 Å². The first kappa shape index (κ1) is 27.8. The number of hydrogen-bond donors (Lipinski definition) is 11. The summed E-state index contributed by atoms with van der Waals surface area (Å²) in [6.07, 6.45) is -5.81. The molecule has 0 saturated carbocycles. The van der Waals surface area contributed by atoms with Crippen molar-refractivity contribution in [1.29, 1.82) is 0 Å². The summed E-state index contributed by atoms with van der Waals surface area (Å²) >= 11 is 0. The average Bonchev–Trinajstić information content (AvgIpc) is 2.94. The van der Waals surface area contributed by atoms with Gasteiger partial charge in [0, 0.05) is 46.9 Å². The van der Waals surface area contributed by atoms with Gasteiger partial charge >= 0.3 is 0 Å². The molecule has 0 saturated heterocycles. The Balaban J connectivity index is 1.56. The molecule has 0 aliphatic carbocycles. The Kier molecular flexibility index (Phi) is 6.36. The number of benzene rings is 4. The van der Waals surface area contributed by atoms with Gasteiger partial charge in [-0.05, 0) is 29.8 Å². The number of aliphatic hydroxyl groups is 2. The van der Waals surface area contributed by atoms with Crippen LogP contribution in [0.2, 0.25) is 0 Å². The van der Waals surface area contributed by atoms with E-state index in [0.29, 0.717) is 0 Å². The molecule has 224 valence electrons. The lowest BCUT2D eigenvalue weighted by Crippen LogP contribution is -2.36. The van der Waals surface area contributed by atoms with Crippen LogP contribution in [0, 0.1) is 0 Å². The average molecular weight is 595 g/mol. The van der Waals surface area contributed by atoms with Gasteiger partial charge in [0.2, 0.25) is 0 Å². The molecule has 4 aromatic rings. The van der Waals surface area contributed by atoms with E-state index >= 15 is 0 Å². The second kappa shape index (κ2) is 9.86. The molecule has 0 aromatic heterocycles. The van der Waals surface area contributed by atoms with Gasteiger partial charge in [0.25, 0.3) is 0 Å². The Labute approximate surface area is 242 Å². The van der Waals surface area contributed by atoms with Gasteiger partial charge in [0.05, 0.1) is 12.0 Å². The van der Waals surface area contributed by atoms with Crippen molar-refractivity contribution in [2.75, 3.05) is 0 Å². The van der Waals surface area contributed by atoms with E-state index in [2.05, 4.69) is 0 Å². The summed E-state index contributed by atoms with van der Waals surface area (Å²) < 4.78 is 12.0. The zero-order chi connectivity index (χ0) is 30.9. The van der Waals surface area contributed by atoms with Crippen LogP contribution in [0.25, 0.3) is 0 Å². The highest BCUT2D eigenvalue weighted by molar-refractivity contribution is 5.66. The predicted octanol–water partition coefficient (Wildman–Crippen LogP) is 2.70. The van der Waals surface area contributed by atoms with Crippen LogP contribution in [0.1, 0.15) is 45.9 Å². The molecule has 0 fully saturated rings. The summed E-state index contributed by atoms with van der Waals surface area (Å²) in [5, 5.41) is 116. The Bertz CT molecular complexity index is 1750. The molecule has 2 heterocycles. The van der Waals surface area contributed by atoms with Crippen LogP contribution in [-0.4, -0.2) is 68.4 Å². The summed E-state index contributed by atoms with van der Waals surface area (Å²) in [5.41, 5.74) is 0.0126. The summed E-state index contributed by atoms with van der Waals surface area (Å²) in [6, 6.07) is 8.90. The van der Waals surface area contributed by atoms with Crippen LogP contribution in [0.4, 0.5) is 0 Å². The Morgan fingerprint density at radius 1 is 0.558 bits per heavy atom. The summed E-state index contributed by atoms with van der Waals surface area (Å²) in [4.78, 5) is 0. The number of aromatic hydroxyl groups is 9. The van der Waals surface area contributed by atoms with Gasteiger partial charge in [-0.3, -0.25) is 0 Å². The molecule has 6 rings (SSSR count). The number of aliphatic hydroxyl groups excluding tert-OH is 2. The fraction of sp³-hybridized carbons (Fsp3) is 0.200. The van der Waals surface area contributed by atoms with Crippen molar-refractivity contribution in [3.05, 3.63) is 76.3 Å². The van der Waals surface area contributed by atoms with Crippen LogP contribution in [0.15, 0.2) is 48.5 Å². The van der Waals surface area contributed by atoms with E-state index in [1.807, 2.05) is 0 Å². The van der Waals surface area contributed by atoms with E-state index < -0.39 is 82.1 Å². The SMILES string of the molecule is Oc1cc(O)c2c(c1)O[C@H](c1cc(O)c(O)c(O)c1)[C@@H](O)C2c1c(O)cc(O)c2c1O[C@H](c1ccc(O)c(O)c1)[C@@H](O)C2. The predicted molar refractivity (Wildman–Crippen MR) is 145 cm³/mol. The van der Waals surface area contributed by atoms with Crippen LogP contribution in [0.3, 0.4) is 0 Å². The van der Waals surface area contributed by atoms with Crippen molar-refractivity contribution in [2.24, 2.45) is 0 Å². The molecule has 5 atom stereocenters. The molecular formula is C30H26O13. The van der Waals surface area contributed by atoms with Crippen LogP contribution in [-0.2, 0) is 6.42 Å². The van der Waals surface area contributed by atoms with Gasteiger partial charge in [-0.25, -0.2) is 0 Å². The van der Waals surface area contributed by atoms with E-state index in [4.69, 9.17) is 9.47 Å². The largest absolute Gasteiger partial charge is 0.508 e. The first-order chi connectivity index (χ1) is 20.3. The molecule has 0 amide bonds. The third-order valence-electron chi connectivity index (χ3n) is 7.77. The highest BCUT2D eigenvalue weighted by atomic mass is 16.5. The minimum absolute atomic E-state index is 0.0281. The minimum atomic E-state index is -1.71. The minimum Gasteiger partial charge on any atom is -0.508 e. The van der Waals surface area contributed by atoms with E-state index in [1.165, 1.54) is 18.2 Å². The number of fused-ring (bicyclic) bond motifs is 2. The zero-order valence-electron chi connectivity index (χ0n) is 21.9. The maximum absolute atomic E-state index is 11.8. The van der Waals surface area contributed by atoms with E-state index in [0.717, 1.165) is 30.3 Å². The van der Waals surface area contributed by atoms with Crippen molar-refractivity contribution in [3.63, 3.8) is 0 Å². The first-order valence-electron chi connectivity index (χ1n) is 12.9. The lowest BCUT2D eigenvalue weighted by atomic mass is 9.77. The fourth-order valence-electron chi connectivity index (χ4n) is 5.78. The monoisotopic (exact) mass is 594 g/mol. The van der Waals surface area contributed by atoms with Gasteiger partial charge < -0.3 is 65.6 Å². The van der Waals surface area contributed by atoms with Crippen molar-refractivity contribution in [2.45, 2.75) is 36.8 Å². The van der Waals surface area contributed by atoms with Gasteiger partial charge in [-0.15, -0.1) is 0 Å². The number of phenols is 9. The number of phenolic OH excluding ortho intramolecular Hbond substituents is 9. The highest BCUT2D eigenvalue weighted by Gasteiger charge is 2.46. The molecule has 43 heavy (non-hydrogen) atoms. The van der Waals surface area contributed by atoms with E-state index in [-0.39, 0.29) is 45.7 Å². The maximum Gasteiger partial charge on any atom is 0.200 e. The smallest absolute Gasteiger partial charge is 0.200 e. The molecule has 13 nitrogen and oxygen atoms in total. The fourth-order valence-corrected chi connectivity index (χ4v) is 5.78. The third kappa shape index (κ3) is 4.42. The second-order valence-electron chi connectivity index (χ2n) is 10.5. The molecule has 2 aliphatic heterocycles. The number of hydrogen-bond acceptors (Lipinski definition) is 13. The molecular weight excluding hydrogens is 568 g/mol. The normalized spacial score (nSPS) is 22.6. The van der Waals surface area contributed by atoms with E-state index in [1.54, 1.807) is 0 Å². The van der Waals surface area contributed by atoms with E-state index in [9.17, 15) is 56.2 Å². The molecule has 11 N–H and O–H groups in total. The lowest BCUT2D eigenvalue weighted by Gasteiger charge is -2.40. The molecule has 4 aromatic carbocycles. The molecule has 1 unspecified atom stereocenters. The van der Waals surface area contributed by atoms with Crippen molar-refractivity contribution in [1.82, 2.24) is 0 Å². The molecule has 0 spiro atoms. The van der Waals surface area contributed by atoms with Gasteiger partial charge in [-0.1, -0.05) is 6.07 Å². The Hall–Kier alpha value is -5.40. The van der Waals surface area contributed by atoms with Gasteiger partial charge in [0.15, 0.2) is 34.9 Å². The maximum atomic E-state index is 11.8. The lowest BCUT2D eigenvalue weighted by molar-refractivity contribution is 0.00108. The van der Waals surface area contributed by atoms with Gasteiger partial charge in [-0.2, -0.15) is 0 Å². The molecule has 13 heteroatoms. The topological polar surface area (TPSA) is 241 Å². The number of ether oxygens (including phenoxy) is 2. The molecule has 0 bridgehead atoms. The number of rotatable bonds is 3. The quantitative estimate of drug-likeness (QED) is 0.153. The highest BCUT2D eigenvalue weighted by Crippen LogP contribution is 2.57. The summed E-state index contributed by atoms with van der Waals surface area (Å²) in [6.45, 7) is 0.